The smallest absolute Gasteiger partial charge is 0.410 e. The molecule has 4 aliphatic heterocycles. The van der Waals surface area contributed by atoms with E-state index in [0.717, 1.165) is 86.2 Å². The van der Waals surface area contributed by atoms with Crippen LogP contribution in [0.15, 0.2) is 40.4 Å². The first-order chi connectivity index (χ1) is 26.1. The standard InChI is InChI=1S/C41H57N7O6S/c1-25(2)35(38(51)48-19-31(49)16-32(48)37(50)43-26(3)29-8-10-30(11-9-29)36-27(4)42-24-55-36)33-17-34(44-54-33)47-22-41(23-47)20-45(21-41)18-28-12-14-46(15-13-28)39(52)53-40(5,6)7/h8-11,17,24-26,28,31-32,35,49H,12-16,18-23H2,1-7H3,(H,43,50)/t26-,31+,32-,35+/m0/s1. The second-order valence-electron chi connectivity index (χ2n) is 17.8. The van der Waals surface area contributed by atoms with Gasteiger partial charge >= 0.3 is 6.09 Å². The van der Waals surface area contributed by atoms with Crippen LogP contribution >= 0.6 is 11.3 Å². The minimum atomic E-state index is -0.792. The van der Waals surface area contributed by atoms with Gasteiger partial charge in [-0.1, -0.05) is 43.3 Å². The number of β-amino-alcohol motifs (C(OH)–C–C–N with tert-alkyl or cyclic N) is 1. The van der Waals surface area contributed by atoms with E-state index in [4.69, 9.17) is 9.26 Å². The fourth-order valence-electron chi connectivity index (χ4n) is 8.84. The number of rotatable bonds is 10. The molecule has 55 heavy (non-hydrogen) atoms. The van der Waals surface area contributed by atoms with Gasteiger partial charge in [0.15, 0.2) is 11.6 Å². The number of nitrogens with one attached hydrogen (secondary N) is 1. The van der Waals surface area contributed by atoms with Crippen LogP contribution in [0.1, 0.15) is 89.8 Å². The second-order valence-corrected chi connectivity index (χ2v) is 18.6. The van der Waals surface area contributed by atoms with Gasteiger partial charge in [-0.3, -0.25) is 9.59 Å². The number of nitrogens with zero attached hydrogens (tertiary/aromatic N) is 6. The van der Waals surface area contributed by atoms with Crippen molar-refractivity contribution in [1.29, 1.82) is 0 Å². The van der Waals surface area contributed by atoms with Crippen LogP contribution in [0.4, 0.5) is 10.6 Å². The number of carbonyl (C=O) groups is 3. The molecule has 2 N–H and O–H groups in total. The number of aryl methyl sites for hydroxylation is 1. The quantitative estimate of drug-likeness (QED) is 0.273. The number of likely N-dealkylation sites (tertiary alicyclic amines) is 3. The SMILES string of the molecule is Cc1ncsc1-c1ccc([C@H](C)NC(=O)[C@@H]2C[C@@H](O)CN2C(=O)[C@@H](c2cc(N3CC4(CN(CC5CCN(C(=O)OC(C)(C)C)CC5)C4)C3)no2)C(C)C)cc1. The van der Waals surface area contributed by atoms with Crippen molar-refractivity contribution in [3.63, 3.8) is 0 Å². The van der Waals surface area contributed by atoms with Crippen LogP contribution in [-0.2, 0) is 14.3 Å². The first-order valence-electron chi connectivity index (χ1n) is 19.8. The zero-order valence-corrected chi connectivity index (χ0v) is 34.1. The number of hydrogen-bond acceptors (Lipinski definition) is 11. The molecule has 4 fully saturated rings. The van der Waals surface area contributed by atoms with Crippen LogP contribution in [-0.4, -0.2) is 118 Å². The van der Waals surface area contributed by atoms with Crippen LogP contribution in [0, 0.1) is 24.2 Å². The number of benzene rings is 1. The summed E-state index contributed by atoms with van der Waals surface area (Å²) in [5.74, 6) is 0.511. The van der Waals surface area contributed by atoms with Gasteiger partial charge in [0.25, 0.3) is 0 Å². The average Bonchev–Trinajstić information content (AvgIpc) is 3.85. The number of ether oxygens (including phenoxy) is 1. The third kappa shape index (κ3) is 8.56. The lowest BCUT2D eigenvalue weighted by molar-refractivity contribution is -0.141. The summed E-state index contributed by atoms with van der Waals surface area (Å²) in [4.78, 5) is 53.9. The number of aromatic nitrogens is 2. The van der Waals surface area contributed by atoms with E-state index in [1.54, 1.807) is 11.3 Å². The molecule has 3 aromatic rings. The highest BCUT2D eigenvalue weighted by Crippen LogP contribution is 2.43. The highest BCUT2D eigenvalue weighted by molar-refractivity contribution is 7.13. The number of aliphatic hydroxyl groups is 1. The molecule has 6 heterocycles. The molecule has 4 aliphatic rings. The number of anilines is 1. The molecule has 14 heteroatoms. The van der Waals surface area contributed by atoms with E-state index in [9.17, 15) is 19.5 Å². The van der Waals surface area contributed by atoms with Gasteiger partial charge in [-0.15, -0.1) is 11.3 Å². The van der Waals surface area contributed by atoms with Crippen molar-refractivity contribution in [3.05, 3.63) is 52.9 Å². The summed E-state index contributed by atoms with van der Waals surface area (Å²) in [6, 6.07) is 8.88. The van der Waals surface area contributed by atoms with Crippen molar-refractivity contribution >= 4 is 35.1 Å². The molecule has 2 aromatic heterocycles. The van der Waals surface area contributed by atoms with Crippen LogP contribution < -0.4 is 10.2 Å². The van der Waals surface area contributed by atoms with E-state index < -0.39 is 23.7 Å². The predicted molar refractivity (Wildman–Crippen MR) is 211 cm³/mol. The fourth-order valence-corrected chi connectivity index (χ4v) is 9.65. The molecular formula is C41H57N7O6S. The minimum Gasteiger partial charge on any atom is -0.444 e. The Hall–Kier alpha value is -4.01. The lowest BCUT2D eigenvalue weighted by atomic mass is 9.72. The van der Waals surface area contributed by atoms with Crippen LogP contribution in [0.2, 0.25) is 0 Å². The largest absolute Gasteiger partial charge is 0.444 e. The zero-order chi connectivity index (χ0) is 39.2. The highest BCUT2D eigenvalue weighted by atomic mass is 32.1. The lowest BCUT2D eigenvalue weighted by Crippen LogP contribution is -2.72. The summed E-state index contributed by atoms with van der Waals surface area (Å²) in [5, 5.41) is 18.2. The number of aliphatic hydroxyl groups excluding tert-OH is 1. The first kappa shape index (κ1) is 39.2. The van der Waals surface area contributed by atoms with Gasteiger partial charge in [0.05, 0.1) is 28.2 Å². The van der Waals surface area contributed by atoms with Gasteiger partial charge in [0.2, 0.25) is 11.8 Å². The van der Waals surface area contributed by atoms with E-state index in [2.05, 4.69) is 25.3 Å². The normalized spacial score (nSPS) is 22.7. The van der Waals surface area contributed by atoms with Crippen molar-refractivity contribution in [1.82, 2.24) is 30.2 Å². The van der Waals surface area contributed by atoms with E-state index >= 15 is 0 Å². The van der Waals surface area contributed by atoms with Crippen LogP contribution in [0.5, 0.6) is 0 Å². The first-order valence-corrected chi connectivity index (χ1v) is 20.7. The summed E-state index contributed by atoms with van der Waals surface area (Å²) in [5.41, 5.74) is 4.63. The van der Waals surface area contributed by atoms with E-state index in [1.165, 1.54) is 4.90 Å². The Labute approximate surface area is 328 Å². The molecule has 1 aromatic carbocycles. The topological polar surface area (TPSA) is 145 Å². The Bertz CT molecular complexity index is 1830. The molecule has 0 unspecified atom stereocenters. The zero-order valence-electron chi connectivity index (χ0n) is 33.3. The average molecular weight is 776 g/mol. The van der Waals surface area contributed by atoms with E-state index in [-0.39, 0.29) is 48.2 Å². The summed E-state index contributed by atoms with van der Waals surface area (Å²) < 4.78 is 11.4. The molecule has 4 saturated heterocycles. The van der Waals surface area contributed by atoms with Gasteiger partial charge in [-0.25, -0.2) is 9.78 Å². The predicted octanol–water partition coefficient (Wildman–Crippen LogP) is 5.45. The molecule has 13 nitrogen and oxygen atoms in total. The molecule has 4 atom stereocenters. The number of thiazole rings is 1. The van der Waals surface area contributed by atoms with Gasteiger partial charge in [0, 0.05) is 70.3 Å². The van der Waals surface area contributed by atoms with Crippen LogP contribution in [0.3, 0.4) is 0 Å². The molecule has 0 radical (unpaired) electrons. The third-order valence-corrected chi connectivity index (χ3v) is 12.7. The number of amides is 3. The van der Waals surface area contributed by atoms with Crippen molar-refractivity contribution in [3.8, 4) is 10.4 Å². The monoisotopic (exact) mass is 775 g/mol. The number of piperidine rings is 1. The number of hydrogen-bond donors (Lipinski definition) is 2. The Morgan fingerprint density at radius 3 is 2.38 bits per heavy atom. The van der Waals surface area contributed by atoms with Gasteiger partial charge in [-0.05, 0) is 70.4 Å². The summed E-state index contributed by atoms with van der Waals surface area (Å²) in [6.07, 6.45) is 1.17. The molecule has 3 amide bonds. The molecule has 0 bridgehead atoms. The maximum absolute atomic E-state index is 14.2. The molecular weight excluding hydrogens is 719 g/mol. The van der Waals surface area contributed by atoms with Crippen molar-refractivity contribution in [2.45, 2.75) is 97.4 Å². The van der Waals surface area contributed by atoms with Gasteiger partial charge < -0.3 is 39.3 Å². The van der Waals surface area contributed by atoms with Crippen LogP contribution in [0.25, 0.3) is 10.4 Å². The third-order valence-electron chi connectivity index (χ3n) is 11.7. The Morgan fingerprint density at radius 2 is 1.76 bits per heavy atom. The summed E-state index contributed by atoms with van der Waals surface area (Å²) in [6.45, 7) is 20.1. The van der Waals surface area contributed by atoms with Crippen molar-refractivity contribution in [2.75, 3.05) is 57.3 Å². The van der Waals surface area contributed by atoms with Crippen molar-refractivity contribution in [2.24, 2.45) is 17.3 Å². The Morgan fingerprint density at radius 1 is 1.07 bits per heavy atom. The second kappa shape index (κ2) is 15.5. The van der Waals surface area contributed by atoms with E-state index in [0.29, 0.717) is 11.7 Å². The molecule has 0 aliphatic carbocycles. The highest BCUT2D eigenvalue weighted by Gasteiger charge is 2.53. The Balaban J connectivity index is 0.903. The van der Waals surface area contributed by atoms with Gasteiger partial charge in [-0.2, -0.15) is 0 Å². The van der Waals surface area contributed by atoms with E-state index in [1.807, 2.05) is 89.2 Å². The minimum absolute atomic E-state index is 0.0897. The maximum atomic E-state index is 14.2. The lowest BCUT2D eigenvalue weighted by Gasteiger charge is -2.61. The fraction of sp³-hybridized carbons (Fsp3) is 0.634. The van der Waals surface area contributed by atoms with Gasteiger partial charge in [0.1, 0.15) is 17.6 Å². The Kier molecular flexibility index (Phi) is 11.1. The summed E-state index contributed by atoms with van der Waals surface area (Å²) >= 11 is 1.60. The summed E-state index contributed by atoms with van der Waals surface area (Å²) in [7, 11) is 0. The molecule has 298 valence electrons. The molecule has 7 rings (SSSR count). The number of carbonyl (C=O) groups excluding carboxylic acids is 3. The maximum Gasteiger partial charge on any atom is 0.410 e. The molecule has 1 spiro atoms. The molecule has 0 saturated carbocycles. The van der Waals surface area contributed by atoms with Crippen molar-refractivity contribution < 1.29 is 28.8 Å².